The lowest BCUT2D eigenvalue weighted by Gasteiger charge is -2.33. The highest BCUT2D eigenvalue weighted by atomic mass is 16.2. The van der Waals surface area contributed by atoms with E-state index in [1.54, 1.807) is 17.3 Å². The third kappa shape index (κ3) is 4.69. The quantitative estimate of drug-likeness (QED) is 0.832. The van der Waals surface area contributed by atoms with E-state index in [9.17, 15) is 9.59 Å². The highest BCUT2D eigenvalue weighted by Gasteiger charge is 2.29. The molecule has 5 nitrogen and oxygen atoms in total. The number of carbonyl (C=O) groups excluding carboxylic acids is 2. The van der Waals surface area contributed by atoms with Crippen LogP contribution in [0.3, 0.4) is 0 Å². The van der Waals surface area contributed by atoms with Gasteiger partial charge in [-0.05, 0) is 30.0 Å². The van der Waals surface area contributed by atoms with Crippen LogP contribution < -0.4 is 0 Å². The first-order valence-electron chi connectivity index (χ1n) is 9.09. The third-order valence-electron chi connectivity index (χ3n) is 4.91. The molecule has 0 unspecified atom stereocenters. The fourth-order valence-corrected chi connectivity index (χ4v) is 3.41. The fraction of sp³-hybridized carbons (Fsp3) is 0.381. The molecule has 0 saturated carbocycles. The Morgan fingerprint density at radius 1 is 1.08 bits per heavy atom. The second kappa shape index (κ2) is 8.61. The Hall–Kier alpha value is -2.69. The van der Waals surface area contributed by atoms with Crippen LogP contribution in [-0.2, 0) is 22.6 Å². The molecule has 26 heavy (non-hydrogen) atoms. The van der Waals surface area contributed by atoms with Crippen molar-refractivity contribution in [3.8, 4) is 0 Å². The lowest BCUT2D eigenvalue weighted by atomic mass is 9.95. The van der Waals surface area contributed by atoms with Gasteiger partial charge >= 0.3 is 0 Å². The molecule has 1 fully saturated rings. The van der Waals surface area contributed by atoms with Crippen LogP contribution in [0, 0.1) is 5.92 Å². The SMILES string of the molecule is CN(Cc1ccccc1)C(=O)C1CCN(C(=O)Cc2cccnc2)CC1. The molecule has 3 rings (SSSR count). The van der Waals surface area contributed by atoms with E-state index in [1.807, 2.05) is 54.4 Å². The van der Waals surface area contributed by atoms with Crippen molar-refractivity contribution in [2.45, 2.75) is 25.8 Å². The number of piperidine rings is 1. The van der Waals surface area contributed by atoms with E-state index in [0.29, 0.717) is 26.1 Å². The van der Waals surface area contributed by atoms with Crippen molar-refractivity contribution in [2.24, 2.45) is 5.92 Å². The molecule has 0 N–H and O–H groups in total. The lowest BCUT2D eigenvalue weighted by Crippen LogP contribution is -2.43. The minimum Gasteiger partial charge on any atom is -0.342 e. The van der Waals surface area contributed by atoms with E-state index in [1.165, 1.54) is 0 Å². The maximum absolute atomic E-state index is 12.7. The first-order chi connectivity index (χ1) is 12.6. The molecule has 1 aliphatic rings. The van der Waals surface area contributed by atoms with Crippen LogP contribution in [0.15, 0.2) is 54.9 Å². The summed E-state index contributed by atoms with van der Waals surface area (Å²) >= 11 is 0. The number of pyridine rings is 1. The zero-order chi connectivity index (χ0) is 18.4. The van der Waals surface area contributed by atoms with Crippen molar-refractivity contribution in [2.75, 3.05) is 20.1 Å². The minimum atomic E-state index is 0.00570. The van der Waals surface area contributed by atoms with Gasteiger partial charge in [-0.3, -0.25) is 14.6 Å². The number of amides is 2. The average molecular weight is 351 g/mol. The zero-order valence-corrected chi connectivity index (χ0v) is 15.2. The van der Waals surface area contributed by atoms with Crippen molar-refractivity contribution in [1.82, 2.24) is 14.8 Å². The van der Waals surface area contributed by atoms with Gasteiger partial charge in [-0.25, -0.2) is 0 Å². The molecular weight excluding hydrogens is 326 g/mol. The molecule has 0 aliphatic carbocycles. The Balaban J connectivity index is 1.48. The van der Waals surface area contributed by atoms with Crippen LogP contribution in [0.1, 0.15) is 24.0 Å². The van der Waals surface area contributed by atoms with E-state index in [4.69, 9.17) is 0 Å². The Labute approximate surface area is 154 Å². The van der Waals surface area contributed by atoms with Crippen molar-refractivity contribution < 1.29 is 9.59 Å². The van der Waals surface area contributed by atoms with Gasteiger partial charge in [0.2, 0.25) is 11.8 Å². The standard InChI is InChI=1S/C21H25N3O2/c1-23(16-17-6-3-2-4-7-17)21(26)19-9-12-24(13-10-19)20(25)14-18-8-5-11-22-15-18/h2-8,11,15,19H,9-10,12-14,16H2,1H3. The summed E-state index contributed by atoms with van der Waals surface area (Å²) in [6.07, 6.45) is 5.28. The van der Waals surface area contributed by atoms with Gasteiger partial charge in [0, 0.05) is 45.0 Å². The first kappa shape index (κ1) is 18.1. The molecule has 1 aliphatic heterocycles. The van der Waals surface area contributed by atoms with Gasteiger partial charge in [0.15, 0.2) is 0 Å². The molecule has 2 heterocycles. The predicted octanol–water partition coefficient (Wildman–Crippen LogP) is 2.52. The van der Waals surface area contributed by atoms with E-state index in [2.05, 4.69) is 4.98 Å². The molecule has 1 aromatic heterocycles. The third-order valence-corrected chi connectivity index (χ3v) is 4.91. The van der Waals surface area contributed by atoms with E-state index < -0.39 is 0 Å². The number of hydrogen-bond acceptors (Lipinski definition) is 3. The van der Waals surface area contributed by atoms with Crippen molar-refractivity contribution >= 4 is 11.8 Å². The van der Waals surface area contributed by atoms with Gasteiger partial charge in [0.25, 0.3) is 0 Å². The zero-order valence-electron chi connectivity index (χ0n) is 15.2. The number of rotatable bonds is 5. The summed E-state index contributed by atoms with van der Waals surface area (Å²) in [4.78, 5) is 32.8. The van der Waals surface area contributed by atoms with Crippen molar-refractivity contribution in [3.05, 3.63) is 66.0 Å². The van der Waals surface area contributed by atoms with Crippen LogP contribution >= 0.6 is 0 Å². The molecule has 0 atom stereocenters. The first-order valence-corrected chi connectivity index (χ1v) is 9.09. The molecule has 0 spiro atoms. The summed E-state index contributed by atoms with van der Waals surface area (Å²) in [6.45, 7) is 1.92. The molecule has 1 saturated heterocycles. The molecule has 2 aromatic rings. The summed E-state index contributed by atoms with van der Waals surface area (Å²) in [5.74, 6) is 0.293. The predicted molar refractivity (Wildman–Crippen MR) is 100 cm³/mol. The van der Waals surface area contributed by atoms with Crippen LogP contribution in [0.2, 0.25) is 0 Å². The minimum absolute atomic E-state index is 0.00570. The second-order valence-corrected chi connectivity index (χ2v) is 6.87. The van der Waals surface area contributed by atoms with E-state index in [-0.39, 0.29) is 17.7 Å². The van der Waals surface area contributed by atoms with Gasteiger partial charge in [0.1, 0.15) is 0 Å². The molecule has 5 heteroatoms. The molecule has 0 radical (unpaired) electrons. The topological polar surface area (TPSA) is 53.5 Å². The van der Waals surface area contributed by atoms with Gasteiger partial charge in [-0.15, -0.1) is 0 Å². The normalized spacial score (nSPS) is 14.9. The monoisotopic (exact) mass is 351 g/mol. The number of hydrogen-bond donors (Lipinski definition) is 0. The molecule has 0 bridgehead atoms. The Kier molecular flexibility index (Phi) is 6.00. The number of benzene rings is 1. The van der Waals surface area contributed by atoms with Gasteiger partial charge in [0.05, 0.1) is 6.42 Å². The van der Waals surface area contributed by atoms with Gasteiger partial charge < -0.3 is 9.80 Å². The summed E-state index contributed by atoms with van der Waals surface area (Å²) in [5.41, 5.74) is 2.06. The van der Waals surface area contributed by atoms with Gasteiger partial charge in [-0.2, -0.15) is 0 Å². The summed E-state index contributed by atoms with van der Waals surface area (Å²) in [5, 5.41) is 0. The van der Waals surface area contributed by atoms with Gasteiger partial charge in [-0.1, -0.05) is 36.4 Å². The number of aromatic nitrogens is 1. The van der Waals surface area contributed by atoms with Crippen molar-refractivity contribution in [3.63, 3.8) is 0 Å². The summed E-state index contributed by atoms with van der Waals surface area (Å²) in [6, 6.07) is 13.8. The average Bonchev–Trinajstić information content (AvgIpc) is 2.69. The molecular formula is C21H25N3O2. The summed E-state index contributed by atoms with van der Waals surface area (Å²) < 4.78 is 0. The number of nitrogens with zero attached hydrogens (tertiary/aromatic N) is 3. The Bertz CT molecular complexity index is 725. The van der Waals surface area contributed by atoms with E-state index in [0.717, 1.165) is 24.0 Å². The van der Waals surface area contributed by atoms with Crippen molar-refractivity contribution in [1.29, 1.82) is 0 Å². The highest BCUT2D eigenvalue weighted by Crippen LogP contribution is 2.21. The lowest BCUT2D eigenvalue weighted by molar-refractivity contribution is -0.140. The van der Waals surface area contributed by atoms with Crippen LogP contribution in [0.4, 0.5) is 0 Å². The Morgan fingerprint density at radius 3 is 2.42 bits per heavy atom. The number of carbonyl (C=O) groups is 2. The van der Waals surface area contributed by atoms with Crippen LogP contribution in [0.5, 0.6) is 0 Å². The smallest absolute Gasteiger partial charge is 0.227 e. The maximum Gasteiger partial charge on any atom is 0.227 e. The van der Waals surface area contributed by atoms with Crippen LogP contribution in [-0.4, -0.2) is 46.7 Å². The second-order valence-electron chi connectivity index (χ2n) is 6.87. The maximum atomic E-state index is 12.7. The fourth-order valence-electron chi connectivity index (χ4n) is 3.41. The Morgan fingerprint density at radius 2 is 1.77 bits per heavy atom. The molecule has 2 amide bonds. The number of likely N-dealkylation sites (tertiary alicyclic amines) is 1. The van der Waals surface area contributed by atoms with E-state index >= 15 is 0 Å². The molecule has 1 aromatic carbocycles. The van der Waals surface area contributed by atoms with Crippen LogP contribution in [0.25, 0.3) is 0 Å². The molecule has 136 valence electrons. The summed E-state index contributed by atoms with van der Waals surface area (Å²) in [7, 11) is 1.86. The highest BCUT2D eigenvalue weighted by molar-refractivity contribution is 5.81. The largest absolute Gasteiger partial charge is 0.342 e.